The summed E-state index contributed by atoms with van der Waals surface area (Å²) < 4.78 is 36.9. The maximum absolute atomic E-state index is 13.1. The number of carboxylic acid groups (broad SMARTS) is 1. The molecule has 1 N–H and O–H groups in total. The van der Waals surface area contributed by atoms with Crippen molar-refractivity contribution < 1.29 is 28.2 Å². The van der Waals surface area contributed by atoms with Crippen LogP contribution in [-0.4, -0.2) is 24.3 Å². The van der Waals surface area contributed by atoms with E-state index >= 15 is 0 Å². The average molecular weight is 270 g/mol. The predicted octanol–water partition coefficient (Wildman–Crippen LogP) is 2.51. The summed E-state index contributed by atoms with van der Waals surface area (Å²) in [6.45, 7) is 0.639. The first-order valence-corrected chi connectivity index (χ1v) is 6.00. The first-order valence-electron chi connectivity index (χ1n) is 6.00. The lowest BCUT2D eigenvalue weighted by molar-refractivity contribution is -0.140. The largest absolute Gasteiger partial charge is 0.486 e. The molecule has 1 heterocycles. The highest BCUT2D eigenvalue weighted by molar-refractivity contribution is 5.86. The fraction of sp³-hybridized carbons (Fsp3) is 0.462. The third-order valence-corrected chi connectivity index (χ3v) is 3.62. The molecule has 0 radical (unpaired) electrons. The molecule has 1 aliphatic carbocycles. The third kappa shape index (κ3) is 1.82. The van der Waals surface area contributed by atoms with Crippen LogP contribution in [0.1, 0.15) is 30.4 Å². The van der Waals surface area contributed by atoms with Crippen LogP contribution in [0.3, 0.4) is 0 Å². The van der Waals surface area contributed by atoms with Crippen molar-refractivity contribution >= 4 is 5.97 Å². The summed E-state index contributed by atoms with van der Waals surface area (Å²) in [5.74, 6) is -0.462. The van der Waals surface area contributed by atoms with Crippen molar-refractivity contribution in [3.8, 4) is 11.5 Å². The van der Waals surface area contributed by atoms with Gasteiger partial charge in [0.25, 0.3) is 6.43 Å². The van der Waals surface area contributed by atoms with Crippen LogP contribution in [0.5, 0.6) is 11.5 Å². The minimum atomic E-state index is -2.73. The summed E-state index contributed by atoms with van der Waals surface area (Å²) in [7, 11) is 0. The molecule has 1 fully saturated rings. The van der Waals surface area contributed by atoms with Crippen molar-refractivity contribution in [2.45, 2.75) is 24.7 Å². The van der Waals surface area contributed by atoms with E-state index < -0.39 is 17.8 Å². The molecule has 1 saturated carbocycles. The number of carboxylic acids is 1. The van der Waals surface area contributed by atoms with Gasteiger partial charge < -0.3 is 14.6 Å². The second kappa shape index (κ2) is 4.08. The third-order valence-electron chi connectivity index (χ3n) is 3.62. The molecule has 19 heavy (non-hydrogen) atoms. The Bertz CT molecular complexity index is 538. The highest BCUT2D eigenvalue weighted by Crippen LogP contribution is 2.53. The lowest BCUT2D eigenvalue weighted by Gasteiger charge is -2.23. The first kappa shape index (κ1) is 12.2. The summed E-state index contributed by atoms with van der Waals surface area (Å²) in [6, 6.07) is 2.61. The summed E-state index contributed by atoms with van der Waals surface area (Å²) in [5.41, 5.74) is -1.30. The van der Waals surface area contributed by atoms with Gasteiger partial charge in [0.15, 0.2) is 11.5 Å². The molecule has 102 valence electrons. The number of halogens is 2. The molecule has 0 unspecified atom stereocenters. The van der Waals surface area contributed by atoms with Crippen LogP contribution < -0.4 is 9.47 Å². The zero-order valence-corrected chi connectivity index (χ0v) is 9.99. The summed E-state index contributed by atoms with van der Waals surface area (Å²) >= 11 is 0. The number of ether oxygens (including phenoxy) is 2. The molecule has 2 aliphatic rings. The minimum Gasteiger partial charge on any atom is -0.486 e. The quantitative estimate of drug-likeness (QED) is 0.916. The Hall–Kier alpha value is -1.85. The molecule has 0 amide bonds. The van der Waals surface area contributed by atoms with Gasteiger partial charge in [0, 0.05) is 5.56 Å². The number of fused-ring (bicyclic) bond motifs is 1. The molecule has 1 aromatic carbocycles. The van der Waals surface area contributed by atoms with Crippen molar-refractivity contribution in [2.24, 2.45) is 0 Å². The van der Waals surface area contributed by atoms with E-state index in [9.17, 15) is 18.7 Å². The van der Waals surface area contributed by atoms with Gasteiger partial charge in [0.2, 0.25) is 0 Å². The SMILES string of the molecule is O=C(O)C1(c2cc3c(cc2C(F)F)OCCO3)CC1. The number of alkyl halides is 2. The molecule has 3 rings (SSSR count). The number of carbonyl (C=O) groups is 1. The van der Waals surface area contributed by atoms with Gasteiger partial charge in [-0.25, -0.2) is 8.78 Å². The van der Waals surface area contributed by atoms with Gasteiger partial charge in [0.05, 0.1) is 5.41 Å². The Kier molecular flexibility index (Phi) is 2.62. The Morgan fingerprint density at radius 2 is 1.79 bits per heavy atom. The zero-order chi connectivity index (χ0) is 13.6. The van der Waals surface area contributed by atoms with Crippen molar-refractivity contribution in [2.75, 3.05) is 13.2 Å². The van der Waals surface area contributed by atoms with E-state index in [-0.39, 0.29) is 16.9 Å². The van der Waals surface area contributed by atoms with Gasteiger partial charge in [-0.05, 0) is 30.5 Å². The molecule has 1 aliphatic heterocycles. The fourth-order valence-electron chi connectivity index (χ4n) is 2.42. The number of hydrogen-bond donors (Lipinski definition) is 1. The highest BCUT2D eigenvalue weighted by atomic mass is 19.3. The van der Waals surface area contributed by atoms with Crippen molar-refractivity contribution in [1.82, 2.24) is 0 Å². The van der Waals surface area contributed by atoms with E-state index in [4.69, 9.17) is 9.47 Å². The molecule has 0 bridgehead atoms. The van der Waals surface area contributed by atoms with E-state index in [1.54, 1.807) is 0 Å². The molecule has 0 atom stereocenters. The van der Waals surface area contributed by atoms with Crippen LogP contribution in [0.4, 0.5) is 8.78 Å². The lowest BCUT2D eigenvalue weighted by Crippen LogP contribution is -2.23. The lowest BCUT2D eigenvalue weighted by atomic mass is 9.90. The molecule has 0 saturated heterocycles. The zero-order valence-electron chi connectivity index (χ0n) is 9.99. The number of rotatable bonds is 3. The highest BCUT2D eigenvalue weighted by Gasteiger charge is 2.54. The Morgan fingerprint density at radius 1 is 1.21 bits per heavy atom. The van der Waals surface area contributed by atoms with E-state index in [1.165, 1.54) is 12.1 Å². The second-order valence-corrected chi connectivity index (χ2v) is 4.77. The van der Waals surface area contributed by atoms with Gasteiger partial charge in [-0.2, -0.15) is 0 Å². The summed E-state index contributed by atoms with van der Waals surface area (Å²) in [6.07, 6.45) is -1.98. The molecular formula is C13H12F2O4. The molecule has 4 nitrogen and oxygen atoms in total. The van der Waals surface area contributed by atoms with E-state index in [2.05, 4.69) is 0 Å². The Balaban J connectivity index is 2.14. The normalized spacial score (nSPS) is 19.3. The van der Waals surface area contributed by atoms with Gasteiger partial charge in [-0.1, -0.05) is 0 Å². The van der Waals surface area contributed by atoms with Crippen LogP contribution >= 0.6 is 0 Å². The standard InChI is InChI=1S/C13H12F2O4/c14-11(15)7-5-9-10(19-4-3-18-9)6-8(7)13(1-2-13)12(16)17/h5-6,11H,1-4H2,(H,16,17). The van der Waals surface area contributed by atoms with Gasteiger partial charge in [-0.3, -0.25) is 4.79 Å². The van der Waals surface area contributed by atoms with E-state index in [0.717, 1.165) is 0 Å². The Labute approximate surface area is 107 Å². The Morgan fingerprint density at radius 3 is 2.26 bits per heavy atom. The smallest absolute Gasteiger partial charge is 0.314 e. The fourth-order valence-corrected chi connectivity index (χ4v) is 2.42. The number of hydrogen-bond acceptors (Lipinski definition) is 3. The minimum absolute atomic E-state index is 0.152. The van der Waals surface area contributed by atoms with Crippen molar-refractivity contribution in [1.29, 1.82) is 0 Å². The molecule has 0 aromatic heterocycles. The molecular weight excluding hydrogens is 258 g/mol. The topological polar surface area (TPSA) is 55.8 Å². The van der Waals surface area contributed by atoms with Crippen molar-refractivity contribution in [3.63, 3.8) is 0 Å². The van der Waals surface area contributed by atoms with E-state index in [0.29, 0.717) is 31.8 Å². The summed E-state index contributed by atoms with van der Waals surface area (Å²) in [5, 5.41) is 9.25. The average Bonchev–Trinajstić information content (AvgIpc) is 3.18. The molecule has 1 aromatic rings. The number of aliphatic carboxylic acids is 1. The van der Waals surface area contributed by atoms with Crippen LogP contribution in [0, 0.1) is 0 Å². The van der Waals surface area contributed by atoms with Gasteiger partial charge >= 0.3 is 5.97 Å². The van der Waals surface area contributed by atoms with Gasteiger partial charge in [-0.15, -0.1) is 0 Å². The van der Waals surface area contributed by atoms with Crippen molar-refractivity contribution in [3.05, 3.63) is 23.3 Å². The monoisotopic (exact) mass is 270 g/mol. The molecule has 6 heteroatoms. The van der Waals surface area contributed by atoms with Crippen LogP contribution in [0.25, 0.3) is 0 Å². The second-order valence-electron chi connectivity index (χ2n) is 4.77. The van der Waals surface area contributed by atoms with Gasteiger partial charge in [0.1, 0.15) is 13.2 Å². The van der Waals surface area contributed by atoms with Crippen LogP contribution in [0.2, 0.25) is 0 Å². The predicted molar refractivity (Wildman–Crippen MR) is 60.9 cm³/mol. The summed E-state index contributed by atoms with van der Waals surface area (Å²) in [4.78, 5) is 11.3. The number of benzene rings is 1. The van der Waals surface area contributed by atoms with Crippen LogP contribution in [0.15, 0.2) is 12.1 Å². The van der Waals surface area contributed by atoms with E-state index in [1.807, 2.05) is 0 Å². The first-order chi connectivity index (χ1) is 9.04. The van der Waals surface area contributed by atoms with Crippen LogP contribution in [-0.2, 0) is 10.2 Å². The maximum Gasteiger partial charge on any atom is 0.314 e. The molecule has 0 spiro atoms. The maximum atomic E-state index is 13.1.